The molecule has 2 aliphatic rings. The van der Waals surface area contributed by atoms with E-state index >= 15 is 0 Å². The van der Waals surface area contributed by atoms with E-state index in [1.165, 1.54) is 25.8 Å². The Balaban J connectivity index is 1.96. The summed E-state index contributed by atoms with van der Waals surface area (Å²) in [5.41, 5.74) is 0. The SMILES string of the molecule is CC1C=CCN(C2CCCC2Cl)C1. The molecule has 74 valence electrons. The summed E-state index contributed by atoms with van der Waals surface area (Å²) in [4.78, 5) is 2.55. The minimum Gasteiger partial charge on any atom is -0.295 e. The van der Waals surface area contributed by atoms with Gasteiger partial charge in [0.25, 0.3) is 0 Å². The molecule has 0 aromatic carbocycles. The summed E-state index contributed by atoms with van der Waals surface area (Å²) in [5, 5.41) is 0.402. The molecule has 1 aliphatic heterocycles. The summed E-state index contributed by atoms with van der Waals surface area (Å²) in [6, 6.07) is 0.647. The van der Waals surface area contributed by atoms with E-state index in [9.17, 15) is 0 Å². The first-order valence-electron chi connectivity index (χ1n) is 5.32. The molecule has 13 heavy (non-hydrogen) atoms. The molecule has 0 spiro atoms. The fourth-order valence-corrected chi connectivity index (χ4v) is 2.95. The molecule has 2 heteroatoms. The molecule has 0 N–H and O–H groups in total. The van der Waals surface area contributed by atoms with Crippen LogP contribution in [-0.4, -0.2) is 29.4 Å². The standard InChI is InChI=1S/C11H18ClN/c1-9-4-3-7-13(8-9)11-6-2-5-10(11)12/h3-4,9-11H,2,5-8H2,1H3. The molecule has 0 saturated heterocycles. The highest BCUT2D eigenvalue weighted by molar-refractivity contribution is 6.21. The van der Waals surface area contributed by atoms with Crippen LogP contribution in [0, 0.1) is 5.92 Å². The molecule has 0 bridgehead atoms. The second kappa shape index (κ2) is 4.02. The Kier molecular flexibility index (Phi) is 2.95. The van der Waals surface area contributed by atoms with Crippen LogP contribution < -0.4 is 0 Å². The maximum absolute atomic E-state index is 6.29. The fraction of sp³-hybridized carbons (Fsp3) is 0.818. The van der Waals surface area contributed by atoms with Crippen LogP contribution in [0.25, 0.3) is 0 Å². The van der Waals surface area contributed by atoms with E-state index < -0.39 is 0 Å². The summed E-state index contributed by atoms with van der Waals surface area (Å²) in [6.45, 7) is 4.59. The summed E-state index contributed by atoms with van der Waals surface area (Å²) in [6.07, 6.45) is 8.42. The third-order valence-electron chi connectivity index (χ3n) is 3.19. The predicted octanol–water partition coefficient (Wildman–Crippen LogP) is 2.65. The van der Waals surface area contributed by atoms with Crippen LogP contribution in [0.15, 0.2) is 12.2 Å². The Hall–Kier alpha value is -0.0100. The van der Waals surface area contributed by atoms with Gasteiger partial charge in [0, 0.05) is 24.5 Å². The van der Waals surface area contributed by atoms with E-state index in [4.69, 9.17) is 11.6 Å². The van der Waals surface area contributed by atoms with Crippen molar-refractivity contribution in [1.82, 2.24) is 4.90 Å². The van der Waals surface area contributed by atoms with E-state index in [1.54, 1.807) is 0 Å². The molecule has 2 rings (SSSR count). The van der Waals surface area contributed by atoms with Gasteiger partial charge in [-0.1, -0.05) is 25.5 Å². The molecule has 0 aromatic rings. The second-order valence-corrected chi connectivity index (χ2v) is 4.93. The molecule has 3 unspecified atom stereocenters. The monoisotopic (exact) mass is 199 g/mol. The zero-order chi connectivity index (χ0) is 9.26. The molecule has 1 heterocycles. The molecule has 0 radical (unpaired) electrons. The van der Waals surface area contributed by atoms with Crippen LogP contribution in [0.1, 0.15) is 26.2 Å². The van der Waals surface area contributed by atoms with Crippen molar-refractivity contribution in [3.63, 3.8) is 0 Å². The minimum atomic E-state index is 0.402. The molecule has 0 aromatic heterocycles. The third kappa shape index (κ3) is 2.08. The number of nitrogens with zero attached hydrogens (tertiary/aromatic N) is 1. The number of hydrogen-bond donors (Lipinski definition) is 0. The van der Waals surface area contributed by atoms with Gasteiger partial charge in [-0.25, -0.2) is 0 Å². The molecule has 3 atom stereocenters. The highest BCUT2D eigenvalue weighted by atomic mass is 35.5. The Labute approximate surface area is 85.8 Å². The molecule has 1 fully saturated rings. The number of halogens is 1. The van der Waals surface area contributed by atoms with Gasteiger partial charge >= 0.3 is 0 Å². The molecule has 1 aliphatic carbocycles. The number of rotatable bonds is 1. The molecule has 0 amide bonds. The van der Waals surface area contributed by atoms with Crippen molar-refractivity contribution >= 4 is 11.6 Å². The van der Waals surface area contributed by atoms with E-state index in [1.807, 2.05) is 0 Å². The van der Waals surface area contributed by atoms with Crippen LogP contribution in [0.4, 0.5) is 0 Å². The van der Waals surface area contributed by atoms with Gasteiger partial charge in [0.1, 0.15) is 0 Å². The lowest BCUT2D eigenvalue weighted by molar-refractivity contribution is 0.196. The Morgan fingerprint density at radius 1 is 1.38 bits per heavy atom. The first-order valence-corrected chi connectivity index (χ1v) is 5.76. The second-order valence-electron chi connectivity index (χ2n) is 4.37. The van der Waals surface area contributed by atoms with Crippen molar-refractivity contribution in [3.05, 3.63) is 12.2 Å². The van der Waals surface area contributed by atoms with Crippen molar-refractivity contribution < 1.29 is 0 Å². The quantitative estimate of drug-likeness (QED) is 0.464. The summed E-state index contributed by atoms with van der Waals surface area (Å²) in [7, 11) is 0. The minimum absolute atomic E-state index is 0.402. The van der Waals surface area contributed by atoms with Gasteiger partial charge in [-0.15, -0.1) is 11.6 Å². The topological polar surface area (TPSA) is 3.24 Å². The predicted molar refractivity (Wildman–Crippen MR) is 57.2 cm³/mol. The summed E-state index contributed by atoms with van der Waals surface area (Å²) in [5.74, 6) is 0.707. The van der Waals surface area contributed by atoms with Gasteiger partial charge < -0.3 is 0 Å². The molecular weight excluding hydrogens is 182 g/mol. The zero-order valence-corrected chi connectivity index (χ0v) is 9.00. The van der Waals surface area contributed by atoms with Gasteiger partial charge in [-0.3, -0.25) is 4.90 Å². The van der Waals surface area contributed by atoms with Gasteiger partial charge in [0.15, 0.2) is 0 Å². The lowest BCUT2D eigenvalue weighted by atomic mass is 10.0. The van der Waals surface area contributed by atoms with Crippen LogP contribution in [0.5, 0.6) is 0 Å². The van der Waals surface area contributed by atoms with Crippen LogP contribution >= 0.6 is 11.6 Å². The number of alkyl halides is 1. The maximum atomic E-state index is 6.29. The van der Waals surface area contributed by atoms with Crippen molar-refractivity contribution in [2.75, 3.05) is 13.1 Å². The molecular formula is C11H18ClN. The van der Waals surface area contributed by atoms with Gasteiger partial charge in [0.05, 0.1) is 0 Å². The molecule has 1 nitrogen and oxygen atoms in total. The van der Waals surface area contributed by atoms with Crippen LogP contribution in [0.2, 0.25) is 0 Å². The lowest BCUT2D eigenvalue weighted by Crippen LogP contribution is -2.42. The van der Waals surface area contributed by atoms with Crippen LogP contribution in [0.3, 0.4) is 0 Å². The largest absolute Gasteiger partial charge is 0.295 e. The van der Waals surface area contributed by atoms with Crippen molar-refractivity contribution in [3.8, 4) is 0 Å². The average molecular weight is 200 g/mol. The van der Waals surface area contributed by atoms with Crippen molar-refractivity contribution in [2.24, 2.45) is 5.92 Å². The van der Waals surface area contributed by atoms with Crippen molar-refractivity contribution in [1.29, 1.82) is 0 Å². The van der Waals surface area contributed by atoms with E-state index in [-0.39, 0.29) is 0 Å². The Morgan fingerprint density at radius 2 is 2.23 bits per heavy atom. The first-order chi connectivity index (χ1) is 6.27. The Bertz CT molecular complexity index is 202. The van der Waals surface area contributed by atoms with Gasteiger partial charge in [0.2, 0.25) is 0 Å². The highest BCUT2D eigenvalue weighted by Gasteiger charge is 2.31. The van der Waals surface area contributed by atoms with Crippen LogP contribution in [-0.2, 0) is 0 Å². The third-order valence-corrected chi connectivity index (χ3v) is 3.70. The zero-order valence-electron chi connectivity index (χ0n) is 8.25. The average Bonchev–Trinajstić information content (AvgIpc) is 2.51. The van der Waals surface area contributed by atoms with E-state index in [2.05, 4.69) is 24.0 Å². The lowest BCUT2D eigenvalue weighted by Gasteiger charge is -2.33. The maximum Gasteiger partial charge on any atom is 0.0491 e. The summed E-state index contributed by atoms with van der Waals surface area (Å²) >= 11 is 6.29. The Morgan fingerprint density at radius 3 is 2.85 bits per heavy atom. The van der Waals surface area contributed by atoms with Gasteiger partial charge in [-0.2, -0.15) is 0 Å². The van der Waals surface area contributed by atoms with E-state index in [0.717, 1.165) is 6.54 Å². The van der Waals surface area contributed by atoms with Gasteiger partial charge in [-0.05, 0) is 18.8 Å². The first kappa shape index (κ1) is 9.54. The van der Waals surface area contributed by atoms with Crippen molar-refractivity contribution in [2.45, 2.75) is 37.6 Å². The fourth-order valence-electron chi connectivity index (χ4n) is 2.51. The normalized spacial score (nSPS) is 41.2. The highest BCUT2D eigenvalue weighted by Crippen LogP contribution is 2.29. The number of hydrogen-bond acceptors (Lipinski definition) is 1. The smallest absolute Gasteiger partial charge is 0.0491 e. The molecule has 1 saturated carbocycles. The van der Waals surface area contributed by atoms with E-state index in [0.29, 0.717) is 17.3 Å². The summed E-state index contributed by atoms with van der Waals surface area (Å²) < 4.78 is 0.